The first-order valence-electron chi connectivity index (χ1n) is 15.7. The quantitative estimate of drug-likeness (QED) is 0.203. The molecule has 10 aromatic rings. The lowest BCUT2D eigenvalue weighted by molar-refractivity contribution is 0.666. The number of nitrogens with zero attached hydrogens (tertiary/aromatic N) is 3. The molecular weight excluding hydrogens is 574 g/mol. The van der Waals surface area contributed by atoms with Gasteiger partial charge in [-0.05, 0) is 77.9 Å². The van der Waals surface area contributed by atoms with Crippen molar-refractivity contribution in [2.45, 2.75) is 0 Å². The van der Waals surface area contributed by atoms with Gasteiger partial charge in [0.1, 0.15) is 5.58 Å². The first kappa shape index (κ1) is 25.7. The number of hydrogen-bond acceptors (Lipinski definition) is 2. The van der Waals surface area contributed by atoms with Crippen molar-refractivity contribution in [3.05, 3.63) is 157 Å². The Morgan fingerprint density at radius 3 is 1.87 bits per heavy atom. The lowest BCUT2D eigenvalue weighted by Crippen LogP contribution is -1.94. The van der Waals surface area contributed by atoms with Gasteiger partial charge in [0.15, 0.2) is 5.58 Å². The third-order valence-electron chi connectivity index (χ3n) is 9.54. The minimum atomic E-state index is 0.649. The van der Waals surface area contributed by atoms with Crippen molar-refractivity contribution in [1.29, 1.82) is 5.26 Å². The number of aromatic nitrogens is 2. The van der Waals surface area contributed by atoms with Gasteiger partial charge in [-0.3, -0.25) is 0 Å². The largest absolute Gasteiger partial charge is 0.454 e. The molecule has 0 saturated heterocycles. The Bertz CT molecular complexity index is 2860. The van der Waals surface area contributed by atoms with E-state index in [4.69, 9.17) is 4.42 Å². The van der Waals surface area contributed by atoms with E-state index < -0.39 is 0 Å². The molecule has 3 heterocycles. The molecule has 0 atom stereocenters. The third-order valence-corrected chi connectivity index (χ3v) is 9.54. The van der Waals surface area contributed by atoms with E-state index in [0.29, 0.717) is 5.56 Å². The summed E-state index contributed by atoms with van der Waals surface area (Å²) in [6, 6.07) is 55.3. The molecule has 0 spiro atoms. The van der Waals surface area contributed by atoms with Crippen LogP contribution in [0.3, 0.4) is 0 Å². The van der Waals surface area contributed by atoms with E-state index in [9.17, 15) is 5.26 Å². The Balaban J connectivity index is 1.22. The first-order valence-corrected chi connectivity index (χ1v) is 15.7. The van der Waals surface area contributed by atoms with E-state index in [-0.39, 0.29) is 0 Å². The van der Waals surface area contributed by atoms with Crippen molar-refractivity contribution in [3.8, 4) is 28.6 Å². The Labute approximate surface area is 269 Å². The predicted octanol–water partition coefficient (Wildman–Crippen LogP) is 11.3. The first-order chi connectivity index (χ1) is 23.3. The smallest absolute Gasteiger partial charge is 0.159 e. The van der Waals surface area contributed by atoms with Crippen LogP contribution in [-0.4, -0.2) is 9.13 Å². The Morgan fingerprint density at radius 2 is 1.11 bits per heavy atom. The highest BCUT2D eigenvalue weighted by Crippen LogP contribution is 2.40. The second-order valence-electron chi connectivity index (χ2n) is 12.1. The highest BCUT2D eigenvalue weighted by molar-refractivity contribution is 6.14. The summed E-state index contributed by atoms with van der Waals surface area (Å²) in [4.78, 5) is 0. The second-order valence-corrected chi connectivity index (χ2v) is 12.1. The molecule has 0 saturated carbocycles. The molecule has 0 fully saturated rings. The summed E-state index contributed by atoms with van der Waals surface area (Å²) >= 11 is 0. The predicted molar refractivity (Wildman–Crippen MR) is 193 cm³/mol. The summed E-state index contributed by atoms with van der Waals surface area (Å²) in [6.45, 7) is 0. The van der Waals surface area contributed by atoms with Crippen LogP contribution in [0.2, 0.25) is 0 Å². The molecule has 3 aromatic heterocycles. The monoisotopic (exact) mass is 599 g/mol. The number of benzene rings is 7. The highest BCUT2D eigenvalue weighted by atomic mass is 16.3. The topological polar surface area (TPSA) is 46.8 Å². The van der Waals surface area contributed by atoms with E-state index in [2.05, 4.69) is 149 Å². The van der Waals surface area contributed by atoms with Crippen LogP contribution in [0.1, 0.15) is 5.56 Å². The number of nitriles is 1. The van der Waals surface area contributed by atoms with Crippen molar-refractivity contribution in [2.75, 3.05) is 0 Å². The van der Waals surface area contributed by atoms with E-state index in [1.165, 1.54) is 10.8 Å². The van der Waals surface area contributed by atoms with Gasteiger partial charge in [0, 0.05) is 38.0 Å². The molecule has 0 bridgehead atoms. The summed E-state index contributed by atoms with van der Waals surface area (Å²) in [5, 5.41) is 16.5. The van der Waals surface area contributed by atoms with Gasteiger partial charge in [-0.25, -0.2) is 0 Å². The summed E-state index contributed by atoms with van der Waals surface area (Å²) in [7, 11) is 0. The van der Waals surface area contributed by atoms with Gasteiger partial charge in [0.25, 0.3) is 0 Å². The summed E-state index contributed by atoms with van der Waals surface area (Å²) in [6.07, 6.45) is 0. The van der Waals surface area contributed by atoms with Gasteiger partial charge in [-0.15, -0.1) is 0 Å². The van der Waals surface area contributed by atoms with Crippen LogP contribution in [0.4, 0.5) is 0 Å². The van der Waals surface area contributed by atoms with Crippen molar-refractivity contribution in [3.63, 3.8) is 0 Å². The van der Waals surface area contributed by atoms with Crippen LogP contribution in [0.15, 0.2) is 156 Å². The summed E-state index contributed by atoms with van der Waals surface area (Å²) in [5.41, 5.74) is 11.2. The Hall–Kier alpha value is -6.57. The average molecular weight is 600 g/mol. The van der Waals surface area contributed by atoms with Gasteiger partial charge >= 0.3 is 0 Å². The molecule has 0 amide bonds. The van der Waals surface area contributed by atoms with Crippen LogP contribution in [0, 0.1) is 11.3 Å². The maximum absolute atomic E-state index is 9.76. The second kappa shape index (κ2) is 9.71. The normalized spacial score (nSPS) is 11.8. The number of furan rings is 1. The van der Waals surface area contributed by atoms with Gasteiger partial charge in [-0.1, -0.05) is 84.9 Å². The van der Waals surface area contributed by atoms with Crippen molar-refractivity contribution >= 4 is 65.6 Å². The zero-order valence-electron chi connectivity index (χ0n) is 25.2. The summed E-state index contributed by atoms with van der Waals surface area (Å²) < 4.78 is 11.3. The van der Waals surface area contributed by atoms with Crippen LogP contribution in [0.5, 0.6) is 0 Å². The fourth-order valence-electron chi connectivity index (χ4n) is 7.45. The molecule has 0 aliphatic heterocycles. The molecule has 10 rings (SSSR count). The maximum atomic E-state index is 9.76. The van der Waals surface area contributed by atoms with E-state index in [1.54, 1.807) is 0 Å². The molecule has 47 heavy (non-hydrogen) atoms. The fourth-order valence-corrected chi connectivity index (χ4v) is 7.45. The molecule has 7 aromatic carbocycles. The standard InChI is InChI=1S/C43H25N3O/c44-26-27-17-20-39-34(23-27)35-24-29(28-9-2-1-3-10-28)18-21-40(35)45(39)30-19-22-42-36(25-30)33-13-8-16-41(43(33)47-42)46-37-14-6-4-11-31(37)32-12-5-7-15-38(32)46/h1-25H. The Kier molecular flexibility index (Phi) is 5.32. The molecule has 4 nitrogen and oxygen atoms in total. The molecule has 0 radical (unpaired) electrons. The molecule has 0 N–H and O–H groups in total. The van der Waals surface area contributed by atoms with E-state index in [1.807, 2.05) is 18.2 Å². The van der Waals surface area contributed by atoms with Crippen LogP contribution < -0.4 is 0 Å². The highest BCUT2D eigenvalue weighted by Gasteiger charge is 2.19. The third kappa shape index (κ3) is 3.69. The maximum Gasteiger partial charge on any atom is 0.159 e. The summed E-state index contributed by atoms with van der Waals surface area (Å²) in [5.74, 6) is 0. The molecule has 0 aliphatic carbocycles. The van der Waals surface area contributed by atoms with Gasteiger partial charge < -0.3 is 13.6 Å². The van der Waals surface area contributed by atoms with Crippen molar-refractivity contribution in [2.24, 2.45) is 0 Å². The van der Waals surface area contributed by atoms with E-state index in [0.717, 1.165) is 77.3 Å². The van der Waals surface area contributed by atoms with Crippen molar-refractivity contribution < 1.29 is 4.42 Å². The molecular formula is C43H25N3O. The molecule has 0 unspecified atom stereocenters. The van der Waals surface area contributed by atoms with Gasteiger partial charge in [0.2, 0.25) is 0 Å². The van der Waals surface area contributed by atoms with Gasteiger partial charge in [-0.2, -0.15) is 5.26 Å². The number of fused-ring (bicyclic) bond motifs is 9. The SMILES string of the molecule is N#Cc1ccc2c(c1)c1cc(-c3ccccc3)ccc1n2-c1ccc2oc3c(-n4c5ccccc5c5ccccc54)cccc3c2c1. The minimum Gasteiger partial charge on any atom is -0.454 e. The van der Waals surface area contributed by atoms with Crippen LogP contribution in [-0.2, 0) is 0 Å². The van der Waals surface area contributed by atoms with Crippen LogP contribution >= 0.6 is 0 Å². The number of hydrogen-bond donors (Lipinski definition) is 0. The Morgan fingerprint density at radius 1 is 0.447 bits per heavy atom. The van der Waals surface area contributed by atoms with Crippen LogP contribution in [0.25, 0.3) is 88.1 Å². The van der Waals surface area contributed by atoms with E-state index >= 15 is 0 Å². The van der Waals surface area contributed by atoms with Crippen molar-refractivity contribution in [1.82, 2.24) is 9.13 Å². The molecule has 0 aliphatic rings. The lowest BCUT2D eigenvalue weighted by Gasteiger charge is -2.09. The minimum absolute atomic E-state index is 0.649. The van der Waals surface area contributed by atoms with Gasteiger partial charge in [0.05, 0.1) is 39.4 Å². The molecule has 4 heteroatoms. The number of rotatable bonds is 3. The lowest BCUT2D eigenvalue weighted by atomic mass is 10.0. The average Bonchev–Trinajstić information content (AvgIpc) is 3.79. The molecule has 218 valence electrons. The zero-order valence-corrected chi connectivity index (χ0v) is 25.2. The fraction of sp³-hybridized carbons (Fsp3) is 0. The number of para-hydroxylation sites is 3. The zero-order chi connectivity index (χ0) is 31.1.